The molecule has 2 nitrogen and oxygen atoms in total. The molecule has 0 aromatic carbocycles. The third-order valence-corrected chi connectivity index (χ3v) is 4.66. The minimum Gasteiger partial charge on any atom is -0.381 e. The van der Waals surface area contributed by atoms with Crippen molar-refractivity contribution in [3.05, 3.63) is 0 Å². The van der Waals surface area contributed by atoms with Crippen molar-refractivity contribution in [2.45, 2.75) is 37.0 Å². The van der Waals surface area contributed by atoms with Gasteiger partial charge >= 0.3 is 0 Å². The van der Waals surface area contributed by atoms with Gasteiger partial charge in [-0.3, -0.25) is 0 Å². The minimum atomic E-state index is 0.382. The van der Waals surface area contributed by atoms with Crippen LogP contribution in [0.3, 0.4) is 0 Å². The number of nitrogens with two attached hydrogens (primary N) is 1. The lowest BCUT2D eigenvalue weighted by Gasteiger charge is -2.30. The Morgan fingerprint density at radius 1 is 1.31 bits per heavy atom. The van der Waals surface area contributed by atoms with Gasteiger partial charge < -0.3 is 10.5 Å². The quantitative estimate of drug-likeness (QED) is 0.737. The average Bonchev–Trinajstić information content (AvgIpc) is 2.71. The van der Waals surface area contributed by atoms with Gasteiger partial charge in [0.05, 0.1) is 6.61 Å². The van der Waals surface area contributed by atoms with E-state index < -0.39 is 0 Å². The molecule has 3 heteroatoms. The second-order valence-electron chi connectivity index (χ2n) is 4.11. The van der Waals surface area contributed by atoms with Crippen molar-refractivity contribution in [1.82, 2.24) is 0 Å². The maximum Gasteiger partial charge on any atom is 0.0510 e. The Morgan fingerprint density at radius 3 is 2.85 bits per heavy atom. The van der Waals surface area contributed by atoms with Crippen molar-refractivity contribution < 1.29 is 4.74 Å². The van der Waals surface area contributed by atoms with Crippen LogP contribution in [0.2, 0.25) is 0 Å². The molecule has 2 aliphatic heterocycles. The number of ether oxygens (including phenoxy) is 1. The normalized spacial score (nSPS) is 37.6. The molecule has 0 aliphatic carbocycles. The fourth-order valence-electron chi connectivity index (χ4n) is 2.23. The molecule has 2 saturated heterocycles. The Hall–Kier alpha value is 0.270. The van der Waals surface area contributed by atoms with Crippen LogP contribution in [0.5, 0.6) is 0 Å². The Kier molecular flexibility index (Phi) is 3.52. The van der Waals surface area contributed by atoms with Crippen LogP contribution in [0.4, 0.5) is 0 Å². The van der Waals surface area contributed by atoms with Crippen LogP contribution in [-0.4, -0.2) is 30.3 Å². The zero-order valence-electron chi connectivity index (χ0n) is 8.08. The van der Waals surface area contributed by atoms with E-state index in [2.05, 4.69) is 11.8 Å². The van der Waals surface area contributed by atoms with E-state index >= 15 is 0 Å². The summed E-state index contributed by atoms with van der Waals surface area (Å²) in [5.74, 6) is 1.95. The van der Waals surface area contributed by atoms with Gasteiger partial charge in [0.15, 0.2) is 0 Å². The molecule has 13 heavy (non-hydrogen) atoms. The number of thioether (sulfide) groups is 1. The highest BCUT2D eigenvalue weighted by Gasteiger charge is 2.30. The van der Waals surface area contributed by atoms with Gasteiger partial charge in [0.1, 0.15) is 0 Å². The van der Waals surface area contributed by atoms with Gasteiger partial charge in [-0.1, -0.05) is 6.42 Å². The summed E-state index contributed by atoms with van der Waals surface area (Å²) in [6, 6.07) is 0.382. The molecule has 0 bridgehead atoms. The first-order valence-electron chi connectivity index (χ1n) is 5.33. The van der Waals surface area contributed by atoms with Gasteiger partial charge in [-0.25, -0.2) is 0 Å². The summed E-state index contributed by atoms with van der Waals surface area (Å²) >= 11 is 2.08. The monoisotopic (exact) mass is 201 g/mol. The van der Waals surface area contributed by atoms with E-state index in [-0.39, 0.29) is 0 Å². The molecule has 2 N–H and O–H groups in total. The predicted octanol–water partition coefficient (Wildman–Crippen LogP) is 1.64. The molecular weight excluding hydrogens is 182 g/mol. The maximum atomic E-state index is 6.25. The first-order chi connectivity index (χ1) is 6.38. The van der Waals surface area contributed by atoms with Crippen LogP contribution >= 0.6 is 11.8 Å². The zero-order chi connectivity index (χ0) is 9.10. The van der Waals surface area contributed by atoms with Crippen LogP contribution in [-0.2, 0) is 4.74 Å². The first kappa shape index (κ1) is 9.81. The fourth-order valence-corrected chi connectivity index (χ4v) is 3.68. The summed E-state index contributed by atoms with van der Waals surface area (Å²) in [6.07, 6.45) is 5.26. The lowest BCUT2D eigenvalue weighted by molar-refractivity contribution is 0.180. The van der Waals surface area contributed by atoms with E-state index in [0.29, 0.717) is 17.2 Å². The Bertz CT molecular complexity index is 153. The topological polar surface area (TPSA) is 35.2 Å². The molecule has 3 unspecified atom stereocenters. The standard InChI is InChI=1S/C10H19NOS/c11-10(8-4-5-12-7-8)9-3-1-2-6-13-9/h8-10H,1-7,11H2. The van der Waals surface area contributed by atoms with Crippen molar-refractivity contribution in [3.8, 4) is 0 Å². The Balaban J connectivity index is 1.83. The molecule has 3 atom stereocenters. The number of rotatable bonds is 2. The van der Waals surface area contributed by atoms with Gasteiger partial charge in [0, 0.05) is 23.8 Å². The predicted molar refractivity (Wildman–Crippen MR) is 57.0 cm³/mol. The fraction of sp³-hybridized carbons (Fsp3) is 1.00. The van der Waals surface area contributed by atoms with Crippen molar-refractivity contribution in [2.75, 3.05) is 19.0 Å². The van der Waals surface area contributed by atoms with Gasteiger partial charge in [0.25, 0.3) is 0 Å². The lowest BCUT2D eigenvalue weighted by Crippen LogP contribution is -2.41. The highest BCUT2D eigenvalue weighted by molar-refractivity contribution is 8.00. The van der Waals surface area contributed by atoms with Gasteiger partial charge in [0.2, 0.25) is 0 Å². The maximum absolute atomic E-state index is 6.25. The van der Waals surface area contributed by atoms with Gasteiger partial charge in [-0.15, -0.1) is 0 Å². The SMILES string of the molecule is NC(C1CCOC1)C1CCCCS1. The van der Waals surface area contributed by atoms with E-state index in [1.54, 1.807) is 0 Å². The molecule has 0 radical (unpaired) electrons. The summed E-state index contributed by atoms with van der Waals surface area (Å²) in [6.45, 7) is 1.83. The Labute approximate surface area is 84.6 Å². The van der Waals surface area contributed by atoms with Gasteiger partial charge in [-0.05, 0) is 25.0 Å². The molecule has 2 heterocycles. The summed E-state index contributed by atoms with van der Waals surface area (Å²) < 4.78 is 5.38. The zero-order valence-corrected chi connectivity index (χ0v) is 8.89. The molecule has 0 aromatic heterocycles. The van der Waals surface area contributed by atoms with E-state index in [4.69, 9.17) is 10.5 Å². The lowest BCUT2D eigenvalue weighted by atomic mass is 9.94. The molecule has 0 amide bonds. The molecule has 2 rings (SSSR count). The highest BCUT2D eigenvalue weighted by atomic mass is 32.2. The van der Waals surface area contributed by atoms with Crippen LogP contribution < -0.4 is 5.73 Å². The van der Waals surface area contributed by atoms with Crippen molar-refractivity contribution >= 4 is 11.8 Å². The van der Waals surface area contributed by atoms with Crippen LogP contribution in [0.25, 0.3) is 0 Å². The average molecular weight is 201 g/mol. The molecular formula is C10H19NOS. The van der Waals surface area contributed by atoms with Crippen LogP contribution in [0.15, 0.2) is 0 Å². The second kappa shape index (κ2) is 4.67. The summed E-state index contributed by atoms with van der Waals surface area (Å²) in [5.41, 5.74) is 6.25. The molecule has 0 aromatic rings. The number of hydrogen-bond donors (Lipinski definition) is 1. The van der Waals surface area contributed by atoms with Crippen LogP contribution in [0.1, 0.15) is 25.7 Å². The Morgan fingerprint density at radius 2 is 2.23 bits per heavy atom. The summed E-state index contributed by atoms with van der Waals surface area (Å²) in [5, 5.41) is 0.709. The second-order valence-corrected chi connectivity index (χ2v) is 5.45. The third-order valence-electron chi connectivity index (χ3n) is 3.15. The van der Waals surface area contributed by atoms with E-state index in [9.17, 15) is 0 Å². The van der Waals surface area contributed by atoms with Crippen LogP contribution in [0, 0.1) is 5.92 Å². The third kappa shape index (κ3) is 2.39. The largest absolute Gasteiger partial charge is 0.381 e. The van der Waals surface area contributed by atoms with E-state index in [0.717, 1.165) is 13.2 Å². The van der Waals surface area contributed by atoms with Gasteiger partial charge in [-0.2, -0.15) is 11.8 Å². The molecule has 2 fully saturated rings. The highest BCUT2D eigenvalue weighted by Crippen LogP contribution is 2.31. The number of hydrogen-bond acceptors (Lipinski definition) is 3. The van der Waals surface area contributed by atoms with E-state index in [1.165, 1.54) is 31.4 Å². The molecule has 0 saturated carbocycles. The molecule has 0 spiro atoms. The minimum absolute atomic E-state index is 0.382. The first-order valence-corrected chi connectivity index (χ1v) is 6.38. The van der Waals surface area contributed by atoms with E-state index in [1.807, 2.05) is 0 Å². The molecule has 2 aliphatic rings. The van der Waals surface area contributed by atoms with Crippen molar-refractivity contribution in [1.29, 1.82) is 0 Å². The summed E-state index contributed by atoms with van der Waals surface area (Å²) in [7, 11) is 0. The smallest absolute Gasteiger partial charge is 0.0510 e. The van der Waals surface area contributed by atoms with Crippen molar-refractivity contribution in [2.24, 2.45) is 11.7 Å². The van der Waals surface area contributed by atoms with Crippen molar-refractivity contribution in [3.63, 3.8) is 0 Å². The summed E-state index contributed by atoms with van der Waals surface area (Å²) in [4.78, 5) is 0. The molecule has 76 valence electrons.